The van der Waals surface area contributed by atoms with Gasteiger partial charge in [-0.15, -0.1) is 0 Å². The Balaban J connectivity index is 1.32. The van der Waals surface area contributed by atoms with Gasteiger partial charge in [0.2, 0.25) is 0 Å². The third-order valence-electron chi connectivity index (χ3n) is 5.29. The van der Waals surface area contributed by atoms with Crippen LogP contribution < -0.4 is 14.8 Å². The topological polar surface area (TPSA) is 88.0 Å². The van der Waals surface area contributed by atoms with E-state index < -0.39 is 0 Å². The fourth-order valence-electron chi connectivity index (χ4n) is 3.50. The van der Waals surface area contributed by atoms with E-state index >= 15 is 0 Å². The molecule has 5 aromatic rings. The fraction of sp³-hybridized carbons (Fsp3) is 0.120. The zero-order valence-corrected chi connectivity index (χ0v) is 19.1. The molecule has 0 saturated carbocycles. The van der Waals surface area contributed by atoms with Crippen molar-refractivity contribution in [2.75, 3.05) is 17.1 Å². The van der Waals surface area contributed by atoms with Gasteiger partial charge in [-0.25, -0.2) is 0 Å². The van der Waals surface area contributed by atoms with Gasteiger partial charge in [0.1, 0.15) is 5.75 Å². The minimum absolute atomic E-state index is 0.639. The molecular formula is C25H23N5O2S. The lowest BCUT2D eigenvalue weighted by Gasteiger charge is -2.09. The minimum atomic E-state index is 0.639. The summed E-state index contributed by atoms with van der Waals surface area (Å²) in [6.07, 6.45) is 0.884. The molecule has 7 nitrogen and oxygen atoms in total. The number of hydrogen-bond acceptors (Lipinski definition) is 7. The van der Waals surface area contributed by atoms with Crippen molar-refractivity contribution in [3.8, 4) is 16.9 Å². The number of H-pyrrole nitrogens is 1. The summed E-state index contributed by atoms with van der Waals surface area (Å²) >= 11 is 1.48. The number of aryl methyl sites for hydroxylation is 1. The molecule has 0 spiro atoms. The Labute approximate surface area is 195 Å². The smallest absolute Gasteiger partial charge is 0.187 e. The van der Waals surface area contributed by atoms with Crippen LogP contribution in [0.5, 0.6) is 5.75 Å². The van der Waals surface area contributed by atoms with Gasteiger partial charge in [-0.1, -0.05) is 54.5 Å². The maximum atomic E-state index is 5.60. The van der Waals surface area contributed by atoms with Crippen LogP contribution in [0.1, 0.15) is 12.6 Å². The standard InChI is InChI=1S/C25H23N5O2S/c1-3-18-13-24(28-27-18)26-21-15-22-20(14-23(21)31-2)25(29-32-22)30-33-19-11-9-17(10-12-19)16-7-5-4-6-8-16/h4-15H,3H2,1-2H3,(H,29,30)(H2,26,27,28). The summed E-state index contributed by atoms with van der Waals surface area (Å²) in [6.45, 7) is 2.07. The quantitative estimate of drug-likeness (QED) is 0.225. The molecule has 2 aromatic heterocycles. The number of methoxy groups -OCH3 is 1. The van der Waals surface area contributed by atoms with Crippen molar-refractivity contribution in [2.45, 2.75) is 18.2 Å². The number of benzene rings is 3. The van der Waals surface area contributed by atoms with Crippen molar-refractivity contribution >= 4 is 40.2 Å². The molecule has 0 aliphatic rings. The van der Waals surface area contributed by atoms with Crippen LogP contribution in [-0.2, 0) is 6.42 Å². The molecule has 0 bridgehead atoms. The van der Waals surface area contributed by atoms with E-state index in [-0.39, 0.29) is 0 Å². The second kappa shape index (κ2) is 9.30. The first-order chi connectivity index (χ1) is 16.2. The number of rotatable bonds is 8. The first kappa shape index (κ1) is 21.0. The number of aromatic amines is 1. The van der Waals surface area contributed by atoms with E-state index in [1.54, 1.807) is 7.11 Å². The molecule has 5 rings (SSSR count). The first-order valence-electron chi connectivity index (χ1n) is 10.6. The van der Waals surface area contributed by atoms with Crippen LogP contribution in [0.25, 0.3) is 22.1 Å². The number of nitrogens with zero attached hydrogens (tertiary/aromatic N) is 2. The van der Waals surface area contributed by atoms with E-state index in [0.717, 1.165) is 33.9 Å². The second-order valence-corrected chi connectivity index (χ2v) is 8.31. The normalized spacial score (nSPS) is 11.0. The Morgan fingerprint density at radius 2 is 1.79 bits per heavy atom. The Hall–Kier alpha value is -3.91. The van der Waals surface area contributed by atoms with Crippen LogP contribution in [-0.4, -0.2) is 22.5 Å². The third kappa shape index (κ3) is 4.51. The van der Waals surface area contributed by atoms with Crippen LogP contribution in [0.4, 0.5) is 17.3 Å². The minimum Gasteiger partial charge on any atom is -0.495 e. The van der Waals surface area contributed by atoms with Crippen LogP contribution in [0.15, 0.2) is 82.2 Å². The molecule has 8 heteroatoms. The van der Waals surface area contributed by atoms with Crippen molar-refractivity contribution in [1.29, 1.82) is 0 Å². The fourth-order valence-corrected chi connectivity index (χ4v) is 4.14. The Morgan fingerprint density at radius 1 is 1.00 bits per heavy atom. The molecule has 0 radical (unpaired) electrons. The van der Waals surface area contributed by atoms with Crippen LogP contribution in [0.3, 0.4) is 0 Å². The van der Waals surface area contributed by atoms with E-state index in [1.807, 2.05) is 36.4 Å². The molecule has 0 saturated heterocycles. The monoisotopic (exact) mass is 457 g/mol. The maximum absolute atomic E-state index is 5.60. The molecule has 3 N–H and O–H groups in total. The van der Waals surface area contributed by atoms with Gasteiger partial charge in [0, 0.05) is 22.7 Å². The highest BCUT2D eigenvalue weighted by Gasteiger charge is 2.15. The van der Waals surface area contributed by atoms with Gasteiger partial charge >= 0.3 is 0 Å². The summed E-state index contributed by atoms with van der Waals surface area (Å²) in [6, 6.07) is 24.4. The largest absolute Gasteiger partial charge is 0.495 e. The van der Waals surface area contributed by atoms with E-state index in [1.165, 1.54) is 23.1 Å². The van der Waals surface area contributed by atoms with E-state index in [0.29, 0.717) is 17.2 Å². The summed E-state index contributed by atoms with van der Waals surface area (Å²) in [4.78, 5) is 1.07. The zero-order valence-electron chi connectivity index (χ0n) is 18.3. The molecule has 0 atom stereocenters. The van der Waals surface area contributed by atoms with Crippen molar-refractivity contribution in [1.82, 2.24) is 15.4 Å². The number of aromatic nitrogens is 3. The van der Waals surface area contributed by atoms with E-state index in [9.17, 15) is 0 Å². The Morgan fingerprint density at radius 3 is 2.52 bits per heavy atom. The van der Waals surface area contributed by atoms with Crippen molar-refractivity contribution in [3.63, 3.8) is 0 Å². The van der Waals surface area contributed by atoms with Crippen molar-refractivity contribution in [3.05, 3.63) is 78.5 Å². The Kier molecular flexibility index (Phi) is 5.91. The van der Waals surface area contributed by atoms with E-state index in [4.69, 9.17) is 9.26 Å². The number of anilines is 3. The molecule has 0 amide bonds. The van der Waals surface area contributed by atoms with Gasteiger partial charge < -0.3 is 19.3 Å². The van der Waals surface area contributed by atoms with Gasteiger partial charge in [-0.05, 0) is 47.7 Å². The molecule has 0 unspecified atom stereocenters. The predicted molar refractivity (Wildman–Crippen MR) is 133 cm³/mol. The van der Waals surface area contributed by atoms with Gasteiger partial charge in [0.05, 0.1) is 18.2 Å². The molecule has 3 aromatic carbocycles. The summed E-state index contributed by atoms with van der Waals surface area (Å²) in [5.41, 5.74) is 4.83. The number of hydrogen-bond donors (Lipinski definition) is 3. The highest BCUT2D eigenvalue weighted by atomic mass is 32.2. The molecule has 0 aliphatic carbocycles. The van der Waals surface area contributed by atoms with Gasteiger partial charge in [0.25, 0.3) is 0 Å². The summed E-state index contributed by atoms with van der Waals surface area (Å²) < 4.78 is 14.5. The average molecular weight is 458 g/mol. The average Bonchev–Trinajstić information content (AvgIpc) is 3.49. The number of fused-ring (bicyclic) bond motifs is 1. The molecule has 0 aliphatic heterocycles. The lowest BCUT2D eigenvalue weighted by molar-refractivity contribution is 0.417. The summed E-state index contributed by atoms with van der Waals surface area (Å²) in [7, 11) is 1.64. The second-order valence-electron chi connectivity index (χ2n) is 7.43. The van der Waals surface area contributed by atoms with E-state index in [2.05, 4.69) is 68.7 Å². The number of ether oxygens (including phenoxy) is 1. The molecule has 166 valence electrons. The molecule has 2 heterocycles. The highest BCUT2D eigenvalue weighted by Crippen LogP contribution is 2.36. The SMILES string of the molecule is CCc1cc(Nc2cc3onc(NSc4ccc(-c5ccccc5)cc4)c3cc2OC)n[nH]1. The lowest BCUT2D eigenvalue weighted by Crippen LogP contribution is -1.95. The molecule has 33 heavy (non-hydrogen) atoms. The van der Waals surface area contributed by atoms with Gasteiger partial charge in [-0.3, -0.25) is 5.10 Å². The third-order valence-corrected chi connectivity index (χ3v) is 6.10. The number of nitrogens with one attached hydrogen (secondary N) is 3. The molecule has 0 fully saturated rings. The van der Waals surface area contributed by atoms with Gasteiger partial charge in [-0.2, -0.15) is 5.10 Å². The summed E-state index contributed by atoms with van der Waals surface area (Å²) in [5, 5.41) is 15.6. The first-order valence-corrected chi connectivity index (χ1v) is 11.4. The van der Waals surface area contributed by atoms with Crippen molar-refractivity contribution < 1.29 is 9.26 Å². The summed E-state index contributed by atoms with van der Waals surface area (Å²) in [5.74, 6) is 2.03. The van der Waals surface area contributed by atoms with Crippen molar-refractivity contribution in [2.24, 2.45) is 0 Å². The maximum Gasteiger partial charge on any atom is 0.187 e. The lowest BCUT2D eigenvalue weighted by atomic mass is 10.1. The van der Waals surface area contributed by atoms with Crippen LogP contribution in [0.2, 0.25) is 0 Å². The van der Waals surface area contributed by atoms with Crippen LogP contribution in [0, 0.1) is 0 Å². The van der Waals surface area contributed by atoms with Gasteiger partial charge in [0.15, 0.2) is 17.2 Å². The highest BCUT2D eigenvalue weighted by molar-refractivity contribution is 8.00. The van der Waals surface area contributed by atoms with Crippen LogP contribution >= 0.6 is 11.9 Å². The predicted octanol–water partition coefficient (Wildman–Crippen LogP) is 6.65. The molecular weight excluding hydrogens is 434 g/mol. The Bertz CT molecular complexity index is 1360. The zero-order chi connectivity index (χ0) is 22.6.